The number of hydrogen-bond donors (Lipinski definition) is 2. The van der Waals surface area contributed by atoms with Crippen LogP contribution in [0, 0.1) is 0 Å². The van der Waals surface area contributed by atoms with Gasteiger partial charge in [-0.15, -0.1) is 0 Å². The first-order valence-electron chi connectivity index (χ1n) is 8.23. The van der Waals surface area contributed by atoms with Crippen LogP contribution in [0.1, 0.15) is 10.5 Å². The Bertz CT molecular complexity index is 1240. The molecule has 2 aromatic carbocycles. The molecule has 3 N–H and O–H groups in total. The van der Waals surface area contributed by atoms with Crippen molar-refractivity contribution in [2.24, 2.45) is 5.73 Å². The molecule has 4 rings (SSSR count). The SMILES string of the molecule is COP(=O)(c1cccc(-c2ccsn2)c1)c1c(C(N)=O)[nH]c2ccc(Cl)cc12. The Labute approximate surface area is 169 Å². The smallest absolute Gasteiger partial charge is 0.266 e. The van der Waals surface area contributed by atoms with Crippen LogP contribution < -0.4 is 16.3 Å². The fourth-order valence-corrected chi connectivity index (χ4v) is 6.08. The van der Waals surface area contributed by atoms with Crippen LogP contribution in [0.3, 0.4) is 0 Å². The zero-order chi connectivity index (χ0) is 19.9. The van der Waals surface area contributed by atoms with Crippen LogP contribution in [0.4, 0.5) is 0 Å². The van der Waals surface area contributed by atoms with E-state index >= 15 is 0 Å². The summed E-state index contributed by atoms with van der Waals surface area (Å²) in [6, 6.07) is 14.0. The molecule has 0 aliphatic carbocycles. The van der Waals surface area contributed by atoms with Gasteiger partial charge in [-0.1, -0.05) is 23.7 Å². The van der Waals surface area contributed by atoms with Crippen molar-refractivity contribution in [1.29, 1.82) is 0 Å². The Morgan fingerprint density at radius 2 is 2.07 bits per heavy atom. The zero-order valence-electron chi connectivity index (χ0n) is 14.7. The van der Waals surface area contributed by atoms with Crippen LogP contribution in [-0.4, -0.2) is 22.4 Å². The van der Waals surface area contributed by atoms with Gasteiger partial charge in [0.2, 0.25) is 0 Å². The zero-order valence-corrected chi connectivity index (χ0v) is 17.1. The lowest BCUT2D eigenvalue weighted by Gasteiger charge is -2.18. The van der Waals surface area contributed by atoms with Gasteiger partial charge in [0, 0.05) is 39.3 Å². The minimum Gasteiger partial charge on any atom is -0.364 e. The van der Waals surface area contributed by atoms with E-state index in [1.165, 1.54) is 18.6 Å². The maximum atomic E-state index is 14.1. The van der Waals surface area contributed by atoms with Crippen LogP contribution in [0.25, 0.3) is 22.2 Å². The third-order valence-electron chi connectivity index (χ3n) is 4.45. The number of carbonyl (C=O) groups excluding carboxylic acids is 1. The first kappa shape index (κ1) is 18.9. The van der Waals surface area contributed by atoms with E-state index in [-0.39, 0.29) is 11.0 Å². The number of rotatable bonds is 5. The third-order valence-corrected chi connectivity index (χ3v) is 7.77. The Morgan fingerprint density at radius 3 is 2.75 bits per heavy atom. The first-order chi connectivity index (χ1) is 13.4. The summed E-state index contributed by atoms with van der Waals surface area (Å²) < 4.78 is 24.0. The van der Waals surface area contributed by atoms with Crippen LogP contribution in [-0.2, 0) is 9.09 Å². The molecule has 0 saturated carbocycles. The number of halogens is 1. The Balaban J connectivity index is 2.00. The second-order valence-corrected chi connectivity index (χ2v) is 9.61. The summed E-state index contributed by atoms with van der Waals surface area (Å²) >= 11 is 7.47. The number of fused-ring (bicyclic) bond motifs is 1. The van der Waals surface area contributed by atoms with Crippen molar-refractivity contribution in [3.63, 3.8) is 0 Å². The van der Waals surface area contributed by atoms with Crippen LogP contribution >= 0.6 is 30.5 Å². The van der Waals surface area contributed by atoms with E-state index < -0.39 is 13.3 Å². The summed E-state index contributed by atoms with van der Waals surface area (Å²) in [5.41, 5.74) is 7.78. The summed E-state index contributed by atoms with van der Waals surface area (Å²) in [5.74, 6) is -0.727. The predicted octanol–water partition coefficient (Wildman–Crippen LogP) is 3.92. The molecule has 0 aliphatic rings. The fourth-order valence-electron chi connectivity index (χ4n) is 3.17. The van der Waals surface area contributed by atoms with Gasteiger partial charge in [0.25, 0.3) is 13.3 Å². The van der Waals surface area contributed by atoms with Crippen molar-refractivity contribution >= 4 is 57.9 Å². The van der Waals surface area contributed by atoms with Crippen LogP contribution in [0.2, 0.25) is 5.02 Å². The van der Waals surface area contributed by atoms with Crippen molar-refractivity contribution in [3.8, 4) is 11.3 Å². The normalized spacial score (nSPS) is 13.5. The van der Waals surface area contributed by atoms with E-state index in [1.807, 2.05) is 17.5 Å². The number of hydrogen-bond acceptors (Lipinski definition) is 5. The highest BCUT2D eigenvalue weighted by molar-refractivity contribution is 7.75. The second kappa shape index (κ2) is 7.18. The minimum absolute atomic E-state index is 0.0431. The Kier molecular flexibility index (Phi) is 4.85. The van der Waals surface area contributed by atoms with Crippen molar-refractivity contribution in [2.75, 3.05) is 7.11 Å². The number of nitrogens with one attached hydrogen (secondary N) is 1. The molecule has 28 heavy (non-hydrogen) atoms. The molecule has 142 valence electrons. The third kappa shape index (κ3) is 3.06. The lowest BCUT2D eigenvalue weighted by Crippen LogP contribution is -2.25. The molecule has 2 aromatic heterocycles. The largest absolute Gasteiger partial charge is 0.364 e. The summed E-state index contributed by atoms with van der Waals surface area (Å²) in [6.07, 6.45) is 0. The number of aromatic amines is 1. The molecule has 0 fully saturated rings. The van der Waals surface area contributed by atoms with Crippen molar-refractivity contribution in [3.05, 3.63) is 64.6 Å². The highest BCUT2D eigenvalue weighted by Crippen LogP contribution is 2.47. The monoisotopic (exact) mass is 431 g/mol. The lowest BCUT2D eigenvalue weighted by molar-refractivity contribution is 0.0997. The Hall–Kier alpha value is -2.44. The average Bonchev–Trinajstić information content (AvgIpc) is 3.35. The van der Waals surface area contributed by atoms with Gasteiger partial charge in [-0.25, -0.2) is 0 Å². The molecule has 0 radical (unpaired) electrons. The van der Waals surface area contributed by atoms with Crippen molar-refractivity contribution < 1.29 is 13.9 Å². The van der Waals surface area contributed by atoms with Crippen LogP contribution in [0.15, 0.2) is 53.9 Å². The van der Waals surface area contributed by atoms with E-state index in [0.29, 0.717) is 21.2 Å². The molecule has 0 spiro atoms. The number of amides is 1. The van der Waals surface area contributed by atoms with Gasteiger partial charge in [0.05, 0.1) is 11.0 Å². The maximum Gasteiger partial charge on any atom is 0.266 e. The summed E-state index contributed by atoms with van der Waals surface area (Å²) in [5, 5.41) is 3.50. The lowest BCUT2D eigenvalue weighted by atomic mass is 10.2. The van der Waals surface area contributed by atoms with Gasteiger partial charge >= 0.3 is 0 Å². The number of nitrogens with two attached hydrogens (primary N) is 1. The Morgan fingerprint density at radius 1 is 1.25 bits per heavy atom. The number of benzene rings is 2. The number of primary amides is 1. The molecule has 0 bridgehead atoms. The molecular weight excluding hydrogens is 417 g/mol. The standard InChI is InChI=1S/C19H15ClN3O3PS/c1-26-27(25,13-4-2-3-11(9-13)15-7-8-28-23-15)18-14-10-12(20)5-6-16(14)22-17(18)19(21)24/h2-10,22H,1H3,(H2,21,24). The molecule has 1 unspecified atom stereocenters. The fraction of sp³-hybridized carbons (Fsp3) is 0.0526. The molecule has 1 atom stereocenters. The molecule has 2 heterocycles. The molecule has 0 aliphatic heterocycles. The van der Waals surface area contributed by atoms with E-state index in [2.05, 4.69) is 9.36 Å². The molecule has 9 heteroatoms. The van der Waals surface area contributed by atoms with Gasteiger partial charge < -0.3 is 15.2 Å². The molecule has 4 aromatic rings. The van der Waals surface area contributed by atoms with Crippen molar-refractivity contribution in [2.45, 2.75) is 0 Å². The van der Waals surface area contributed by atoms with Gasteiger partial charge in [-0.05, 0) is 47.9 Å². The molecule has 0 saturated heterocycles. The molecule has 6 nitrogen and oxygen atoms in total. The highest BCUT2D eigenvalue weighted by Gasteiger charge is 2.35. The van der Waals surface area contributed by atoms with E-state index in [9.17, 15) is 9.36 Å². The van der Waals surface area contributed by atoms with E-state index in [4.69, 9.17) is 21.9 Å². The van der Waals surface area contributed by atoms with E-state index in [1.54, 1.807) is 36.4 Å². The summed E-state index contributed by atoms with van der Waals surface area (Å²) in [6.45, 7) is 0. The number of H-pyrrole nitrogens is 1. The quantitative estimate of drug-likeness (QED) is 0.468. The van der Waals surface area contributed by atoms with Gasteiger partial charge in [0.15, 0.2) is 0 Å². The topological polar surface area (TPSA) is 98.1 Å². The minimum atomic E-state index is -3.66. The first-order valence-corrected chi connectivity index (χ1v) is 11.1. The average molecular weight is 432 g/mol. The second-order valence-electron chi connectivity index (χ2n) is 6.07. The van der Waals surface area contributed by atoms with Gasteiger partial charge in [0.1, 0.15) is 5.69 Å². The van der Waals surface area contributed by atoms with E-state index in [0.717, 1.165) is 11.3 Å². The summed E-state index contributed by atoms with van der Waals surface area (Å²) in [4.78, 5) is 15.0. The highest BCUT2D eigenvalue weighted by atomic mass is 35.5. The molecular formula is C19H15ClN3O3PS. The molecule has 1 amide bonds. The van der Waals surface area contributed by atoms with Crippen LogP contribution in [0.5, 0.6) is 0 Å². The van der Waals surface area contributed by atoms with Gasteiger partial charge in [-0.3, -0.25) is 9.36 Å². The summed E-state index contributed by atoms with van der Waals surface area (Å²) in [7, 11) is -2.31. The maximum absolute atomic E-state index is 14.1. The number of nitrogens with zero attached hydrogens (tertiary/aromatic N) is 1. The predicted molar refractivity (Wildman–Crippen MR) is 113 cm³/mol. The number of aromatic nitrogens is 2. The van der Waals surface area contributed by atoms with Gasteiger partial charge in [-0.2, -0.15) is 4.37 Å². The van der Waals surface area contributed by atoms with Crippen molar-refractivity contribution in [1.82, 2.24) is 9.36 Å². The number of carbonyl (C=O) groups is 1.